The number of fused-ring (bicyclic) bond motifs is 1. The second-order valence-corrected chi connectivity index (χ2v) is 10.2. The number of nitrogens with one attached hydrogen (secondary N) is 2. The van der Waals surface area contributed by atoms with Gasteiger partial charge in [-0.05, 0) is 27.0 Å². The number of halogens is 4. The molecule has 1 aromatic carbocycles. The number of piperazine rings is 1. The number of rotatable bonds is 4. The lowest BCUT2D eigenvalue weighted by molar-refractivity contribution is -0.144. The fourth-order valence-electron chi connectivity index (χ4n) is 5.08. The van der Waals surface area contributed by atoms with E-state index in [-0.39, 0.29) is 46.6 Å². The summed E-state index contributed by atoms with van der Waals surface area (Å²) in [6.45, 7) is 6.20. The van der Waals surface area contributed by atoms with Crippen LogP contribution in [-0.4, -0.2) is 74.8 Å². The Bertz CT molecular complexity index is 1760. The molecule has 16 heteroatoms. The molecule has 1 saturated heterocycles. The molecule has 0 saturated carbocycles. The van der Waals surface area contributed by atoms with Crippen LogP contribution < -0.4 is 25.9 Å². The minimum absolute atomic E-state index is 0.0252. The third kappa shape index (κ3) is 4.57. The quantitative estimate of drug-likeness (QED) is 0.279. The highest BCUT2D eigenvalue weighted by molar-refractivity contribution is 6.00. The van der Waals surface area contributed by atoms with E-state index in [1.807, 2.05) is 18.9 Å². The van der Waals surface area contributed by atoms with Crippen LogP contribution in [0.25, 0.3) is 16.7 Å². The van der Waals surface area contributed by atoms with Crippen molar-refractivity contribution in [3.8, 4) is 5.75 Å². The number of aromatic nitrogens is 5. The van der Waals surface area contributed by atoms with Gasteiger partial charge in [-0.2, -0.15) is 22.7 Å². The molecule has 2 N–H and O–H groups in total. The van der Waals surface area contributed by atoms with Crippen molar-refractivity contribution in [1.82, 2.24) is 34.5 Å². The number of nitrogens with zero attached hydrogens (tertiary/aromatic N) is 7. The van der Waals surface area contributed by atoms with E-state index < -0.39 is 29.2 Å². The van der Waals surface area contributed by atoms with Crippen molar-refractivity contribution in [2.45, 2.75) is 26.1 Å². The zero-order valence-corrected chi connectivity index (χ0v) is 22.2. The van der Waals surface area contributed by atoms with E-state index in [9.17, 15) is 22.8 Å². The SMILES string of the molecule is Cc1cc(NNC(=O)c2cn3c4c(c(N5CCN(C)CC5)c(F)cc4c2=O)OCC3C)n2nc(C(F)(F)F)nc2n1. The second kappa shape index (κ2) is 9.57. The Kier molecular flexibility index (Phi) is 6.24. The maximum atomic E-state index is 15.6. The number of likely N-dealkylation sites (N-methyl/N-ethyl adjacent to an activating group) is 1. The lowest BCUT2D eigenvalue weighted by Gasteiger charge is -2.37. The number of anilines is 2. The van der Waals surface area contributed by atoms with Gasteiger partial charge >= 0.3 is 6.18 Å². The maximum absolute atomic E-state index is 15.6. The Morgan fingerprint density at radius 3 is 2.59 bits per heavy atom. The summed E-state index contributed by atoms with van der Waals surface area (Å²) in [5.41, 5.74) is 4.79. The number of benzene rings is 1. The minimum atomic E-state index is -4.80. The van der Waals surface area contributed by atoms with Crippen molar-refractivity contribution in [3.63, 3.8) is 0 Å². The first-order valence-electron chi connectivity index (χ1n) is 12.8. The summed E-state index contributed by atoms with van der Waals surface area (Å²) < 4.78 is 63.5. The summed E-state index contributed by atoms with van der Waals surface area (Å²) in [5, 5.41) is 3.40. The number of pyridine rings is 1. The van der Waals surface area contributed by atoms with Gasteiger partial charge < -0.3 is 19.1 Å². The lowest BCUT2D eigenvalue weighted by Crippen LogP contribution is -2.45. The lowest BCUT2D eigenvalue weighted by atomic mass is 10.0. The van der Waals surface area contributed by atoms with Gasteiger partial charge in [0.05, 0.1) is 16.9 Å². The van der Waals surface area contributed by atoms with Crippen molar-refractivity contribution in [1.29, 1.82) is 0 Å². The van der Waals surface area contributed by atoms with Crippen LogP contribution in [0.3, 0.4) is 0 Å². The smallest absolute Gasteiger partial charge is 0.453 e. The zero-order chi connectivity index (χ0) is 29.2. The molecule has 5 heterocycles. The molecule has 0 spiro atoms. The van der Waals surface area contributed by atoms with E-state index in [4.69, 9.17) is 4.74 Å². The molecule has 0 radical (unpaired) electrons. The number of alkyl halides is 3. The number of hydrazine groups is 1. The molecular formula is C25H25F4N9O3. The van der Waals surface area contributed by atoms with Crippen molar-refractivity contribution >= 4 is 34.1 Å². The molecule has 2 aliphatic heterocycles. The van der Waals surface area contributed by atoms with Crippen molar-refractivity contribution in [3.05, 3.63) is 51.5 Å². The summed E-state index contributed by atoms with van der Waals surface area (Å²) in [6.07, 6.45) is -3.42. The van der Waals surface area contributed by atoms with Crippen LogP contribution in [0, 0.1) is 12.7 Å². The molecule has 1 amide bonds. The molecule has 1 unspecified atom stereocenters. The molecule has 0 aliphatic carbocycles. The molecule has 0 bridgehead atoms. The highest BCUT2D eigenvalue weighted by Gasteiger charge is 2.37. The van der Waals surface area contributed by atoms with Crippen LogP contribution in [0.4, 0.5) is 29.1 Å². The Labute approximate surface area is 229 Å². The van der Waals surface area contributed by atoms with E-state index in [2.05, 4.69) is 30.8 Å². The van der Waals surface area contributed by atoms with Crippen molar-refractivity contribution in [2.24, 2.45) is 0 Å². The van der Waals surface area contributed by atoms with Gasteiger partial charge in [0, 0.05) is 44.1 Å². The highest BCUT2D eigenvalue weighted by atomic mass is 19.4. The molecule has 6 rings (SSSR count). The van der Waals surface area contributed by atoms with Crippen LogP contribution in [0.2, 0.25) is 0 Å². The van der Waals surface area contributed by atoms with Gasteiger partial charge in [0.25, 0.3) is 17.5 Å². The van der Waals surface area contributed by atoms with Gasteiger partial charge in [-0.25, -0.2) is 9.37 Å². The molecule has 12 nitrogen and oxygen atoms in total. The average molecular weight is 576 g/mol. The van der Waals surface area contributed by atoms with Gasteiger partial charge in [-0.3, -0.25) is 20.4 Å². The van der Waals surface area contributed by atoms with E-state index in [0.717, 1.165) is 23.7 Å². The minimum Gasteiger partial charge on any atom is -0.487 e. The monoisotopic (exact) mass is 575 g/mol. The third-order valence-corrected chi connectivity index (χ3v) is 7.20. The molecule has 4 aromatic rings. The number of hydrogen-bond acceptors (Lipinski definition) is 9. The van der Waals surface area contributed by atoms with E-state index >= 15 is 4.39 Å². The van der Waals surface area contributed by atoms with E-state index in [1.165, 1.54) is 19.2 Å². The predicted molar refractivity (Wildman–Crippen MR) is 140 cm³/mol. The van der Waals surface area contributed by atoms with Gasteiger partial charge in [0.15, 0.2) is 17.4 Å². The number of hydrogen-bond donors (Lipinski definition) is 2. The first kappa shape index (κ1) is 26.7. The Morgan fingerprint density at radius 2 is 1.88 bits per heavy atom. The van der Waals surface area contributed by atoms with Gasteiger partial charge in [0.2, 0.25) is 5.43 Å². The Balaban J connectivity index is 1.37. The van der Waals surface area contributed by atoms with E-state index in [0.29, 0.717) is 24.3 Å². The summed E-state index contributed by atoms with van der Waals surface area (Å²) in [5.74, 6) is -3.07. The topological polar surface area (TPSA) is 122 Å². The molecule has 1 fully saturated rings. The van der Waals surface area contributed by atoms with Crippen LogP contribution >= 0.6 is 0 Å². The van der Waals surface area contributed by atoms with Crippen molar-refractivity contribution in [2.75, 3.05) is 50.2 Å². The van der Waals surface area contributed by atoms with Gasteiger partial charge in [-0.15, -0.1) is 5.10 Å². The number of amides is 1. The van der Waals surface area contributed by atoms with Crippen LogP contribution in [0.5, 0.6) is 5.75 Å². The molecule has 216 valence electrons. The van der Waals surface area contributed by atoms with Gasteiger partial charge in [-0.1, -0.05) is 0 Å². The molecule has 2 aliphatic rings. The maximum Gasteiger partial charge on any atom is 0.453 e. The van der Waals surface area contributed by atoms with Crippen molar-refractivity contribution < 1.29 is 27.1 Å². The fourth-order valence-corrected chi connectivity index (χ4v) is 5.08. The molecular weight excluding hydrogens is 550 g/mol. The van der Waals surface area contributed by atoms with Crippen LogP contribution in [0.1, 0.15) is 34.8 Å². The summed E-state index contributed by atoms with van der Waals surface area (Å²) in [7, 11) is 1.99. The number of carbonyl (C=O) groups is 1. The second-order valence-electron chi connectivity index (χ2n) is 10.2. The third-order valence-electron chi connectivity index (χ3n) is 7.20. The zero-order valence-electron chi connectivity index (χ0n) is 22.2. The van der Waals surface area contributed by atoms with Gasteiger partial charge in [0.1, 0.15) is 17.9 Å². The van der Waals surface area contributed by atoms with Crippen LogP contribution in [0.15, 0.2) is 23.1 Å². The number of ether oxygens (including phenoxy) is 1. The van der Waals surface area contributed by atoms with E-state index in [1.54, 1.807) is 4.57 Å². The fraction of sp³-hybridized carbons (Fsp3) is 0.400. The largest absolute Gasteiger partial charge is 0.487 e. The normalized spacial score (nSPS) is 17.6. The highest BCUT2D eigenvalue weighted by Crippen LogP contribution is 2.42. The first-order chi connectivity index (χ1) is 19.4. The molecule has 1 atom stereocenters. The summed E-state index contributed by atoms with van der Waals surface area (Å²) in [6, 6.07) is 2.19. The first-order valence-corrected chi connectivity index (χ1v) is 12.8. The molecule has 3 aromatic heterocycles. The number of aryl methyl sites for hydroxylation is 1. The molecule has 41 heavy (non-hydrogen) atoms. The standard InChI is InChI=1S/C25H25F4N9O3/c1-12-8-17(38-24(30-12)31-23(34-38)25(27,28)29)32-33-22(40)15-10-37-13(2)11-41-21-18(37)14(20(15)39)9-16(26)19(21)36-6-4-35(3)5-7-36/h8-10,13,32H,4-7,11H2,1-3H3,(H,33,40). The Morgan fingerprint density at radius 1 is 1.15 bits per heavy atom. The predicted octanol–water partition coefficient (Wildman–Crippen LogP) is 2.37. The number of carbonyl (C=O) groups excluding carboxylic acids is 1. The summed E-state index contributed by atoms with van der Waals surface area (Å²) in [4.78, 5) is 38.1. The Hall–Kier alpha value is -4.47. The van der Waals surface area contributed by atoms with Crippen LogP contribution in [-0.2, 0) is 6.18 Å². The summed E-state index contributed by atoms with van der Waals surface area (Å²) >= 11 is 0. The average Bonchev–Trinajstić information content (AvgIpc) is 3.36.